The van der Waals surface area contributed by atoms with E-state index in [9.17, 15) is 4.79 Å². The fraction of sp³-hybridized carbons (Fsp3) is 0.182. The molecule has 1 amide bonds. The molecule has 2 rings (SSSR count). The third kappa shape index (κ3) is 2.79. The monoisotopic (exact) mass is 248 g/mol. The molecule has 5 nitrogen and oxygen atoms in total. The average Bonchev–Trinajstić information content (AvgIpc) is 2.95. The number of nitrogens with zero attached hydrogens (tertiary/aromatic N) is 2. The van der Waals surface area contributed by atoms with Crippen molar-refractivity contribution >= 4 is 23.0 Å². The number of thiophene rings is 1. The zero-order valence-electron chi connectivity index (χ0n) is 9.52. The van der Waals surface area contributed by atoms with Gasteiger partial charge in [-0.1, -0.05) is 6.07 Å². The molecule has 2 heterocycles. The Hall–Kier alpha value is -1.95. The zero-order valence-corrected chi connectivity index (χ0v) is 10.3. The molecule has 0 spiro atoms. The maximum Gasteiger partial charge on any atom is 0.291 e. The molecule has 0 fully saturated rings. The molecule has 0 bridgehead atoms. The molecule has 0 aromatic carbocycles. The molecule has 2 aromatic heterocycles. The molecule has 0 saturated heterocycles. The molecule has 2 aromatic rings. The minimum atomic E-state index is -0.315. The molecule has 0 radical (unpaired) electrons. The zero-order chi connectivity index (χ0) is 12.3. The van der Waals surface area contributed by atoms with Gasteiger partial charge in [0.1, 0.15) is 0 Å². The van der Waals surface area contributed by atoms with E-state index >= 15 is 0 Å². The summed E-state index contributed by atoms with van der Waals surface area (Å²) in [7, 11) is 0. The van der Waals surface area contributed by atoms with Gasteiger partial charge in [0.05, 0.1) is 5.71 Å². The van der Waals surface area contributed by atoms with Crippen molar-refractivity contribution in [3.05, 3.63) is 39.8 Å². The molecule has 0 saturated carbocycles. The Morgan fingerprint density at radius 1 is 1.59 bits per heavy atom. The van der Waals surface area contributed by atoms with Gasteiger partial charge in [0.15, 0.2) is 5.69 Å². The van der Waals surface area contributed by atoms with E-state index in [0.29, 0.717) is 5.69 Å². The Morgan fingerprint density at radius 3 is 3.00 bits per heavy atom. The molecular formula is C11H12N4OS. The molecule has 88 valence electrons. The number of carbonyl (C=O) groups excluding carboxylic acids is 1. The summed E-state index contributed by atoms with van der Waals surface area (Å²) in [6, 6.07) is 5.57. The van der Waals surface area contributed by atoms with Crippen molar-refractivity contribution in [3.63, 3.8) is 0 Å². The van der Waals surface area contributed by atoms with Crippen LogP contribution in [-0.4, -0.2) is 21.8 Å². The van der Waals surface area contributed by atoms with Crippen LogP contribution in [0.2, 0.25) is 0 Å². The second kappa shape index (κ2) is 4.92. The van der Waals surface area contributed by atoms with Crippen LogP contribution in [0.1, 0.15) is 28.0 Å². The van der Waals surface area contributed by atoms with E-state index in [4.69, 9.17) is 0 Å². The topological polar surface area (TPSA) is 70.1 Å². The summed E-state index contributed by atoms with van der Waals surface area (Å²) in [5, 5.41) is 12.6. The Balaban J connectivity index is 2.03. The van der Waals surface area contributed by atoms with Crippen molar-refractivity contribution in [1.29, 1.82) is 0 Å². The van der Waals surface area contributed by atoms with Gasteiger partial charge in [0, 0.05) is 10.6 Å². The minimum absolute atomic E-state index is 0.315. The number of aryl methyl sites for hydroxylation is 1. The van der Waals surface area contributed by atoms with Crippen molar-refractivity contribution in [2.45, 2.75) is 13.8 Å². The number of hydrazone groups is 1. The van der Waals surface area contributed by atoms with Crippen molar-refractivity contribution in [3.8, 4) is 0 Å². The lowest BCUT2D eigenvalue weighted by Gasteiger charge is -1.98. The molecule has 0 unspecified atom stereocenters. The molecule has 0 aliphatic heterocycles. The Morgan fingerprint density at radius 2 is 2.41 bits per heavy atom. The number of H-pyrrole nitrogens is 1. The fourth-order valence-electron chi connectivity index (χ4n) is 1.27. The standard InChI is InChI=1S/C11H12N4OS/c1-7-6-9(14-12-7)11(16)15-13-8(2)10-4-3-5-17-10/h3-6H,1-2H3,(H,12,14)(H,15,16). The van der Waals surface area contributed by atoms with Crippen LogP contribution in [0, 0.1) is 6.92 Å². The highest BCUT2D eigenvalue weighted by molar-refractivity contribution is 7.12. The van der Waals surface area contributed by atoms with Gasteiger partial charge in [-0.25, -0.2) is 5.43 Å². The number of hydrogen-bond donors (Lipinski definition) is 2. The number of nitrogens with one attached hydrogen (secondary N) is 2. The van der Waals surface area contributed by atoms with Crippen molar-refractivity contribution in [1.82, 2.24) is 15.6 Å². The van der Waals surface area contributed by atoms with Crippen LogP contribution >= 0.6 is 11.3 Å². The summed E-state index contributed by atoms with van der Waals surface area (Å²) in [6.45, 7) is 3.69. The number of aromatic amines is 1. The molecule has 0 aliphatic carbocycles. The highest BCUT2D eigenvalue weighted by Gasteiger charge is 2.08. The number of hydrogen-bond acceptors (Lipinski definition) is 4. The molecule has 0 aliphatic rings. The highest BCUT2D eigenvalue weighted by Crippen LogP contribution is 2.09. The van der Waals surface area contributed by atoms with Crippen LogP contribution < -0.4 is 5.43 Å². The van der Waals surface area contributed by atoms with E-state index in [2.05, 4.69) is 20.7 Å². The largest absolute Gasteiger partial charge is 0.291 e. The molecular weight excluding hydrogens is 236 g/mol. The molecule has 2 N–H and O–H groups in total. The Bertz CT molecular complexity index is 542. The quantitative estimate of drug-likeness (QED) is 0.643. The number of rotatable bonds is 3. The predicted molar refractivity (Wildman–Crippen MR) is 67.3 cm³/mol. The lowest BCUT2D eigenvalue weighted by atomic mass is 10.3. The van der Waals surface area contributed by atoms with Crippen LogP contribution in [0.5, 0.6) is 0 Å². The lowest BCUT2D eigenvalue weighted by molar-refractivity contribution is 0.0950. The van der Waals surface area contributed by atoms with E-state index in [1.165, 1.54) is 0 Å². The van der Waals surface area contributed by atoms with Crippen LogP contribution in [0.4, 0.5) is 0 Å². The van der Waals surface area contributed by atoms with E-state index in [-0.39, 0.29) is 5.91 Å². The third-order valence-corrected chi connectivity index (χ3v) is 3.12. The van der Waals surface area contributed by atoms with Crippen LogP contribution in [0.3, 0.4) is 0 Å². The maximum absolute atomic E-state index is 11.6. The summed E-state index contributed by atoms with van der Waals surface area (Å²) in [4.78, 5) is 12.7. The summed E-state index contributed by atoms with van der Waals surface area (Å²) in [5.41, 5.74) is 4.43. The van der Waals surface area contributed by atoms with Gasteiger partial charge in [0.2, 0.25) is 0 Å². The van der Waals surface area contributed by atoms with Crippen LogP contribution in [0.15, 0.2) is 28.7 Å². The predicted octanol–water partition coefficient (Wildman–Crippen LogP) is 1.93. The summed E-state index contributed by atoms with van der Waals surface area (Å²) in [5.74, 6) is -0.315. The van der Waals surface area contributed by atoms with Crippen LogP contribution in [-0.2, 0) is 0 Å². The van der Waals surface area contributed by atoms with Gasteiger partial charge in [0.25, 0.3) is 5.91 Å². The maximum atomic E-state index is 11.6. The Kier molecular flexibility index (Phi) is 3.34. The average molecular weight is 248 g/mol. The van der Waals surface area contributed by atoms with Gasteiger partial charge in [-0.2, -0.15) is 10.2 Å². The minimum Gasteiger partial charge on any atom is -0.282 e. The van der Waals surface area contributed by atoms with Crippen LogP contribution in [0.25, 0.3) is 0 Å². The second-order valence-corrected chi connectivity index (χ2v) is 4.50. The summed E-state index contributed by atoms with van der Waals surface area (Å²) < 4.78 is 0. The first-order valence-corrected chi connectivity index (χ1v) is 5.95. The van der Waals surface area contributed by atoms with Gasteiger partial charge in [-0.15, -0.1) is 11.3 Å². The molecule has 6 heteroatoms. The highest BCUT2D eigenvalue weighted by atomic mass is 32.1. The first-order valence-electron chi connectivity index (χ1n) is 5.07. The third-order valence-electron chi connectivity index (χ3n) is 2.14. The van der Waals surface area contributed by atoms with E-state index in [0.717, 1.165) is 16.3 Å². The van der Waals surface area contributed by atoms with Gasteiger partial charge in [-0.05, 0) is 31.4 Å². The van der Waals surface area contributed by atoms with E-state index in [1.54, 1.807) is 17.4 Å². The SMILES string of the molecule is CC(=NNC(=O)c1cc(C)[nH]n1)c1cccs1. The number of amides is 1. The van der Waals surface area contributed by atoms with Gasteiger partial charge in [-0.3, -0.25) is 9.89 Å². The number of aromatic nitrogens is 2. The van der Waals surface area contributed by atoms with Crippen molar-refractivity contribution in [2.75, 3.05) is 0 Å². The molecule has 0 atom stereocenters. The fourth-order valence-corrected chi connectivity index (χ4v) is 1.94. The summed E-state index contributed by atoms with van der Waals surface area (Å²) >= 11 is 1.58. The second-order valence-electron chi connectivity index (χ2n) is 3.55. The van der Waals surface area contributed by atoms with Crippen molar-refractivity contribution < 1.29 is 4.79 Å². The molecule has 17 heavy (non-hydrogen) atoms. The van der Waals surface area contributed by atoms with Gasteiger partial charge >= 0.3 is 0 Å². The Labute approximate surface area is 103 Å². The van der Waals surface area contributed by atoms with Gasteiger partial charge < -0.3 is 0 Å². The first kappa shape index (κ1) is 11.5. The van der Waals surface area contributed by atoms with Crippen molar-refractivity contribution in [2.24, 2.45) is 5.10 Å². The number of carbonyl (C=O) groups is 1. The first-order chi connectivity index (χ1) is 8.16. The normalized spacial score (nSPS) is 11.5. The van der Waals surface area contributed by atoms with E-state index < -0.39 is 0 Å². The smallest absolute Gasteiger partial charge is 0.282 e. The lowest BCUT2D eigenvalue weighted by Crippen LogP contribution is -2.19. The summed E-state index contributed by atoms with van der Waals surface area (Å²) in [6.07, 6.45) is 0. The van der Waals surface area contributed by atoms with E-state index in [1.807, 2.05) is 31.4 Å².